The first kappa shape index (κ1) is 19.7. The van der Waals surface area contributed by atoms with Crippen molar-refractivity contribution >= 4 is 10.0 Å². The van der Waals surface area contributed by atoms with E-state index in [-0.39, 0.29) is 16.6 Å². The number of benzene rings is 1. The molecule has 0 amide bonds. The molecule has 1 aliphatic rings. The summed E-state index contributed by atoms with van der Waals surface area (Å²) in [5.41, 5.74) is 2.95. The van der Waals surface area contributed by atoms with Gasteiger partial charge in [-0.15, -0.1) is 0 Å². The third-order valence-corrected chi connectivity index (χ3v) is 7.27. The molecule has 0 aliphatic carbocycles. The summed E-state index contributed by atoms with van der Waals surface area (Å²) in [7, 11) is -1.88. The number of rotatable bonds is 4. The fraction of sp³-hybridized carbons (Fsp3) is 0.333. The SMILES string of the molecule is Cc1nn(C)cc1S(=O)(=O)N1CCC[C@@H](c2cccc(-c3ccc(F)cc3)n2)C1. The molecule has 1 aliphatic heterocycles. The molecule has 8 heteroatoms. The lowest BCUT2D eigenvalue weighted by atomic mass is 9.95. The van der Waals surface area contributed by atoms with E-state index >= 15 is 0 Å². The molecule has 0 N–H and O–H groups in total. The topological polar surface area (TPSA) is 68.1 Å². The number of hydrogen-bond donors (Lipinski definition) is 0. The second-order valence-electron chi connectivity index (χ2n) is 7.41. The van der Waals surface area contributed by atoms with Gasteiger partial charge in [-0.3, -0.25) is 9.67 Å². The summed E-state index contributed by atoms with van der Waals surface area (Å²) in [4.78, 5) is 5.00. The Kier molecular flexibility index (Phi) is 5.23. The van der Waals surface area contributed by atoms with Crippen molar-refractivity contribution in [1.29, 1.82) is 0 Å². The van der Waals surface area contributed by atoms with Gasteiger partial charge in [-0.25, -0.2) is 12.8 Å². The van der Waals surface area contributed by atoms with Crippen molar-refractivity contribution in [2.24, 2.45) is 7.05 Å². The maximum absolute atomic E-state index is 13.2. The van der Waals surface area contributed by atoms with Crippen molar-refractivity contribution in [1.82, 2.24) is 19.1 Å². The number of aryl methyl sites for hydroxylation is 2. The third-order valence-electron chi connectivity index (χ3n) is 5.30. The van der Waals surface area contributed by atoms with Gasteiger partial charge in [-0.2, -0.15) is 9.40 Å². The lowest BCUT2D eigenvalue weighted by Crippen LogP contribution is -2.39. The van der Waals surface area contributed by atoms with Gasteiger partial charge in [-0.05, 0) is 56.2 Å². The van der Waals surface area contributed by atoms with Crippen LogP contribution in [0.4, 0.5) is 4.39 Å². The molecule has 29 heavy (non-hydrogen) atoms. The summed E-state index contributed by atoms with van der Waals surface area (Å²) in [6, 6.07) is 12.0. The van der Waals surface area contributed by atoms with Crippen molar-refractivity contribution in [3.05, 3.63) is 65.9 Å². The highest BCUT2D eigenvalue weighted by Crippen LogP contribution is 2.31. The van der Waals surface area contributed by atoms with E-state index in [0.717, 1.165) is 29.8 Å². The van der Waals surface area contributed by atoms with E-state index < -0.39 is 10.0 Å². The molecule has 6 nitrogen and oxygen atoms in total. The number of piperidine rings is 1. The number of hydrogen-bond acceptors (Lipinski definition) is 4. The molecule has 0 radical (unpaired) electrons. The van der Waals surface area contributed by atoms with Crippen LogP contribution in [-0.4, -0.2) is 40.6 Å². The molecular formula is C21H23FN4O2S. The number of pyridine rings is 1. The minimum Gasteiger partial charge on any atom is -0.274 e. The van der Waals surface area contributed by atoms with Gasteiger partial charge in [0.1, 0.15) is 10.7 Å². The normalized spacial score (nSPS) is 18.1. The molecule has 0 unspecified atom stereocenters. The maximum Gasteiger partial charge on any atom is 0.246 e. The largest absolute Gasteiger partial charge is 0.274 e. The maximum atomic E-state index is 13.2. The van der Waals surface area contributed by atoms with Gasteiger partial charge in [0.05, 0.1) is 11.4 Å². The Morgan fingerprint density at radius 3 is 2.59 bits per heavy atom. The molecule has 0 spiro atoms. The van der Waals surface area contributed by atoms with Crippen molar-refractivity contribution in [2.75, 3.05) is 13.1 Å². The summed E-state index contributed by atoms with van der Waals surface area (Å²) in [6.07, 6.45) is 3.20. The average molecular weight is 415 g/mol. The van der Waals surface area contributed by atoms with Crippen LogP contribution in [-0.2, 0) is 17.1 Å². The van der Waals surface area contributed by atoms with Crippen LogP contribution in [0.15, 0.2) is 53.6 Å². The number of aromatic nitrogens is 3. The van der Waals surface area contributed by atoms with Gasteiger partial charge in [0.2, 0.25) is 10.0 Å². The second kappa shape index (κ2) is 7.68. The Balaban J connectivity index is 1.60. The van der Waals surface area contributed by atoms with Crippen LogP contribution in [0, 0.1) is 12.7 Å². The first-order valence-corrected chi connectivity index (χ1v) is 11.0. The summed E-state index contributed by atoms with van der Waals surface area (Å²) in [5, 5.41) is 4.17. The van der Waals surface area contributed by atoms with Crippen LogP contribution >= 0.6 is 0 Å². The van der Waals surface area contributed by atoms with Crippen LogP contribution in [0.25, 0.3) is 11.3 Å². The Bertz CT molecular complexity index is 1130. The summed E-state index contributed by atoms with van der Waals surface area (Å²) in [6.45, 7) is 2.59. The second-order valence-corrected chi connectivity index (χ2v) is 9.32. The molecule has 1 fully saturated rings. The number of halogens is 1. The Hall–Kier alpha value is -2.58. The predicted octanol–water partition coefficient (Wildman–Crippen LogP) is 3.50. The van der Waals surface area contributed by atoms with Gasteiger partial charge in [0.15, 0.2) is 0 Å². The van der Waals surface area contributed by atoms with Gasteiger partial charge in [-0.1, -0.05) is 6.07 Å². The van der Waals surface area contributed by atoms with Gasteiger partial charge >= 0.3 is 0 Å². The van der Waals surface area contributed by atoms with E-state index in [1.165, 1.54) is 21.1 Å². The van der Waals surface area contributed by atoms with Crippen LogP contribution in [0.3, 0.4) is 0 Å². The molecule has 3 heterocycles. The highest BCUT2D eigenvalue weighted by molar-refractivity contribution is 7.89. The first-order chi connectivity index (χ1) is 13.8. The molecule has 0 saturated carbocycles. The van der Waals surface area contributed by atoms with Gasteiger partial charge in [0.25, 0.3) is 0 Å². The minimum atomic E-state index is -3.60. The molecule has 1 saturated heterocycles. The molecular weight excluding hydrogens is 391 g/mol. The zero-order valence-electron chi connectivity index (χ0n) is 16.4. The monoisotopic (exact) mass is 414 g/mol. The predicted molar refractivity (Wildman–Crippen MR) is 108 cm³/mol. The fourth-order valence-electron chi connectivity index (χ4n) is 3.83. The quantitative estimate of drug-likeness (QED) is 0.655. The lowest BCUT2D eigenvalue weighted by Gasteiger charge is -2.31. The van der Waals surface area contributed by atoms with Crippen LogP contribution in [0.1, 0.15) is 30.1 Å². The average Bonchev–Trinajstić information content (AvgIpc) is 3.07. The minimum absolute atomic E-state index is 0.0101. The van der Waals surface area contributed by atoms with E-state index in [4.69, 9.17) is 4.98 Å². The molecule has 0 bridgehead atoms. The fourth-order valence-corrected chi connectivity index (χ4v) is 5.56. The Morgan fingerprint density at radius 2 is 1.90 bits per heavy atom. The molecule has 3 aromatic rings. The number of sulfonamides is 1. The van der Waals surface area contributed by atoms with E-state index in [1.807, 2.05) is 18.2 Å². The summed E-state index contributed by atoms with van der Waals surface area (Å²) < 4.78 is 42.5. The van der Waals surface area contributed by atoms with Gasteiger partial charge < -0.3 is 0 Å². The van der Waals surface area contributed by atoms with Crippen LogP contribution < -0.4 is 0 Å². The first-order valence-electron chi connectivity index (χ1n) is 9.58. The molecule has 1 atom stereocenters. The van der Waals surface area contributed by atoms with Crippen LogP contribution in [0.5, 0.6) is 0 Å². The molecule has 152 valence electrons. The van der Waals surface area contributed by atoms with Gasteiger partial charge in [0, 0.05) is 43.5 Å². The highest BCUT2D eigenvalue weighted by atomic mass is 32.2. The summed E-state index contributed by atoms with van der Waals surface area (Å²) >= 11 is 0. The van der Waals surface area contributed by atoms with E-state index in [1.54, 1.807) is 32.3 Å². The van der Waals surface area contributed by atoms with E-state index in [2.05, 4.69) is 5.10 Å². The highest BCUT2D eigenvalue weighted by Gasteiger charge is 2.33. The lowest BCUT2D eigenvalue weighted by molar-refractivity contribution is 0.312. The van der Waals surface area contributed by atoms with E-state index in [9.17, 15) is 12.8 Å². The van der Waals surface area contributed by atoms with Crippen LogP contribution in [0.2, 0.25) is 0 Å². The summed E-state index contributed by atoms with van der Waals surface area (Å²) in [5.74, 6) is -0.278. The third kappa shape index (κ3) is 3.95. The van der Waals surface area contributed by atoms with E-state index in [0.29, 0.717) is 18.8 Å². The molecule has 1 aromatic carbocycles. The zero-order valence-corrected chi connectivity index (χ0v) is 17.2. The Morgan fingerprint density at radius 1 is 1.14 bits per heavy atom. The number of nitrogens with zero attached hydrogens (tertiary/aromatic N) is 4. The molecule has 2 aromatic heterocycles. The standard InChI is InChI=1S/C21H23FN4O2S/c1-15-21(14-25(2)24-15)29(27,28)26-12-4-5-17(13-26)20-7-3-6-19(23-20)16-8-10-18(22)11-9-16/h3,6-11,14,17H,4-5,12-13H2,1-2H3/t17-/m1/s1. The van der Waals surface area contributed by atoms with Crippen molar-refractivity contribution in [3.8, 4) is 11.3 Å². The smallest absolute Gasteiger partial charge is 0.246 e. The van der Waals surface area contributed by atoms with Crippen molar-refractivity contribution < 1.29 is 12.8 Å². The Labute approximate surface area is 170 Å². The molecule has 4 rings (SSSR count). The zero-order chi connectivity index (χ0) is 20.6. The van der Waals surface area contributed by atoms with Crippen molar-refractivity contribution in [3.63, 3.8) is 0 Å². The van der Waals surface area contributed by atoms with Crippen molar-refractivity contribution in [2.45, 2.75) is 30.6 Å².